The maximum absolute atomic E-state index is 4.33. The van der Waals surface area contributed by atoms with Crippen molar-refractivity contribution >= 4 is 0 Å². The molecule has 0 unspecified atom stereocenters. The van der Waals surface area contributed by atoms with E-state index in [4.69, 9.17) is 0 Å². The van der Waals surface area contributed by atoms with Crippen molar-refractivity contribution in [2.75, 3.05) is 19.6 Å². The molecule has 0 atom stereocenters. The molecule has 3 nitrogen and oxygen atoms in total. The van der Waals surface area contributed by atoms with Crippen LogP contribution in [0.25, 0.3) is 0 Å². The van der Waals surface area contributed by atoms with Crippen molar-refractivity contribution in [2.45, 2.75) is 19.9 Å². The van der Waals surface area contributed by atoms with Crippen molar-refractivity contribution in [1.82, 2.24) is 14.7 Å². The summed E-state index contributed by atoms with van der Waals surface area (Å²) in [5.41, 5.74) is 1.11. The predicted octanol–water partition coefficient (Wildman–Crippen LogP) is 0.897. The number of likely N-dealkylation sites (tertiary alicyclic amines) is 1. The summed E-state index contributed by atoms with van der Waals surface area (Å²) in [5, 5.41) is 4.33. The molecule has 0 amide bonds. The first-order valence-electron chi connectivity index (χ1n) is 4.57. The zero-order valence-electron chi connectivity index (χ0n) is 7.53. The fourth-order valence-electron chi connectivity index (χ4n) is 1.44. The molecule has 1 aliphatic heterocycles. The minimum absolute atomic E-state index is 1.04. The van der Waals surface area contributed by atoms with Crippen LogP contribution in [0.4, 0.5) is 0 Å². The fourth-order valence-corrected chi connectivity index (χ4v) is 1.44. The average molecular weight is 165 g/mol. The number of nitrogens with zero attached hydrogens (tertiary/aromatic N) is 3. The lowest BCUT2D eigenvalue weighted by Crippen LogP contribution is -2.39. The molecule has 0 spiro atoms. The van der Waals surface area contributed by atoms with E-state index in [9.17, 15) is 0 Å². The van der Waals surface area contributed by atoms with Gasteiger partial charge in [-0.15, -0.1) is 0 Å². The quantitative estimate of drug-likeness (QED) is 0.663. The molecule has 0 aliphatic carbocycles. The Morgan fingerprint density at radius 3 is 2.75 bits per heavy atom. The Morgan fingerprint density at radius 2 is 2.25 bits per heavy atom. The van der Waals surface area contributed by atoms with Gasteiger partial charge in [-0.2, -0.15) is 5.10 Å². The number of hydrogen-bond acceptors (Lipinski definition) is 2. The summed E-state index contributed by atoms with van der Waals surface area (Å²) in [4.78, 5) is 2.46. The summed E-state index contributed by atoms with van der Waals surface area (Å²) < 4.78 is 2.02. The van der Waals surface area contributed by atoms with Gasteiger partial charge in [-0.05, 0) is 32.5 Å². The van der Waals surface area contributed by atoms with Gasteiger partial charge in [0.05, 0.1) is 12.2 Å². The van der Waals surface area contributed by atoms with Crippen molar-refractivity contribution < 1.29 is 0 Å². The van der Waals surface area contributed by atoms with Crippen molar-refractivity contribution in [2.24, 2.45) is 0 Å². The van der Waals surface area contributed by atoms with E-state index in [0.29, 0.717) is 0 Å². The van der Waals surface area contributed by atoms with Crippen LogP contribution in [-0.2, 0) is 6.54 Å². The van der Waals surface area contributed by atoms with Gasteiger partial charge in [0, 0.05) is 12.7 Å². The number of aromatic nitrogens is 2. The lowest BCUT2D eigenvalue weighted by Gasteiger charge is -2.30. The van der Waals surface area contributed by atoms with Gasteiger partial charge >= 0.3 is 0 Å². The summed E-state index contributed by atoms with van der Waals surface area (Å²) in [6, 6.07) is 2.05. The van der Waals surface area contributed by atoms with Crippen LogP contribution in [0.1, 0.15) is 12.1 Å². The largest absolute Gasteiger partial charge is 0.301 e. The monoisotopic (exact) mass is 165 g/mol. The van der Waals surface area contributed by atoms with Crippen LogP contribution >= 0.6 is 0 Å². The maximum Gasteiger partial charge on any atom is 0.0593 e. The second-order valence-electron chi connectivity index (χ2n) is 3.42. The zero-order valence-corrected chi connectivity index (χ0v) is 7.53. The lowest BCUT2D eigenvalue weighted by molar-refractivity contribution is 0.172. The highest BCUT2D eigenvalue weighted by molar-refractivity contribution is 4.94. The number of aryl methyl sites for hydroxylation is 1. The van der Waals surface area contributed by atoms with E-state index < -0.39 is 0 Å². The molecule has 12 heavy (non-hydrogen) atoms. The Morgan fingerprint density at radius 1 is 1.42 bits per heavy atom. The SMILES string of the molecule is Cc1ccn(CCN2CCC2)n1. The normalized spacial score (nSPS) is 17.8. The Kier molecular flexibility index (Phi) is 2.13. The second kappa shape index (κ2) is 3.27. The molecule has 0 saturated carbocycles. The molecule has 2 heterocycles. The van der Waals surface area contributed by atoms with Crippen LogP contribution in [0.2, 0.25) is 0 Å². The Hall–Kier alpha value is -0.830. The van der Waals surface area contributed by atoms with Crippen LogP contribution in [0, 0.1) is 6.92 Å². The molecular formula is C9H15N3. The first-order chi connectivity index (χ1) is 5.84. The van der Waals surface area contributed by atoms with E-state index in [0.717, 1.165) is 18.8 Å². The Bertz CT molecular complexity index is 250. The smallest absolute Gasteiger partial charge is 0.0593 e. The molecule has 0 aromatic carbocycles. The predicted molar refractivity (Wildman–Crippen MR) is 48.0 cm³/mol. The molecule has 1 aromatic rings. The third-order valence-corrected chi connectivity index (χ3v) is 2.37. The number of rotatable bonds is 3. The van der Waals surface area contributed by atoms with Gasteiger partial charge in [0.25, 0.3) is 0 Å². The van der Waals surface area contributed by atoms with Crippen molar-refractivity contribution in [1.29, 1.82) is 0 Å². The molecule has 1 saturated heterocycles. The average Bonchev–Trinajstić information content (AvgIpc) is 2.32. The summed E-state index contributed by atoms with van der Waals surface area (Å²) >= 11 is 0. The van der Waals surface area contributed by atoms with Gasteiger partial charge in [-0.1, -0.05) is 0 Å². The molecule has 1 aromatic heterocycles. The molecule has 2 rings (SSSR count). The van der Waals surface area contributed by atoms with Gasteiger partial charge in [0.15, 0.2) is 0 Å². The van der Waals surface area contributed by atoms with E-state index >= 15 is 0 Å². The molecule has 0 bridgehead atoms. The summed E-state index contributed by atoms with van der Waals surface area (Å²) in [5.74, 6) is 0. The molecular weight excluding hydrogens is 150 g/mol. The topological polar surface area (TPSA) is 21.1 Å². The maximum atomic E-state index is 4.33. The van der Waals surface area contributed by atoms with Gasteiger partial charge in [0.2, 0.25) is 0 Å². The zero-order chi connectivity index (χ0) is 8.39. The van der Waals surface area contributed by atoms with E-state index in [2.05, 4.69) is 22.3 Å². The van der Waals surface area contributed by atoms with Crippen molar-refractivity contribution in [3.05, 3.63) is 18.0 Å². The number of hydrogen-bond donors (Lipinski definition) is 0. The van der Waals surface area contributed by atoms with Crippen molar-refractivity contribution in [3.8, 4) is 0 Å². The first-order valence-corrected chi connectivity index (χ1v) is 4.57. The summed E-state index contributed by atoms with van der Waals surface area (Å²) in [7, 11) is 0. The van der Waals surface area contributed by atoms with E-state index in [1.807, 2.05) is 11.6 Å². The molecule has 1 aliphatic rings. The van der Waals surface area contributed by atoms with Gasteiger partial charge in [-0.3, -0.25) is 4.68 Å². The van der Waals surface area contributed by atoms with Gasteiger partial charge in [-0.25, -0.2) is 0 Å². The highest BCUT2D eigenvalue weighted by Crippen LogP contribution is 2.04. The van der Waals surface area contributed by atoms with E-state index in [1.165, 1.54) is 19.5 Å². The highest BCUT2D eigenvalue weighted by Gasteiger charge is 2.12. The standard InChI is InChI=1S/C9H15N3/c1-9-3-6-12(10-9)8-7-11-4-2-5-11/h3,6H,2,4-5,7-8H2,1H3. The van der Waals surface area contributed by atoms with Crippen LogP contribution < -0.4 is 0 Å². The van der Waals surface area contributed by atoms with Gasteiger partial charge < -0.3 is 4.90 Å². The van der Waals surface area contributed by atoms with Crippen LogP contribution in [0.5, 0.6) is 0 Å². The third kappa shape index (κ3) is 1.67. The van der Waals surface area contributed by atoms with Crippen LogP contribution in [0.15, 0.2) is 12.3 Å². The molecule has 0 radical (unpaired) electrons. The molecule has 1 fully saturated rings. The second-order valence-corrected chi connectivity index (χ2v) is 3.42. The van der Waals surface area contributed by atoms with E-state index in [1.54, 1.807) is 0 Å². The summed E-state index contributed by atoms with van der Waals surface area (Å²) in [6.07, 6.45) is 3.42. The fraction of sp³-hybridized carbons (Fsp3) is 0.667. The highest BCUT2D eigenvalue weighted by atomic mass is 15.3. The molecule has 0 N–H and O–H groups in total. The Labute approximate surface area is 73.0 Å². The minimum atomic E-state index is 1.04. The molecule has 66 valence electrons. The third-order valence-electron chi connectivity index (χ3n) is 2.37. The van der Waals surface area contributed by atoms with Crippen LogP contribution in [0.3, 0.4) is 0 Å². The summed E-state index contributed by atoms with van der Waals surface area (Å²) in [6.45, 7) is 6.77. The lowest BCUT2D eigenvalue weighted by atomic mass is 10.2. The Balaban J connectivity index is 1.79. The first kappa shape index (κ1) is 7.80. The molecule has 3 heteroatoms. The van der Waals surface area contributed by atoms with E-state index in [-0.39, 0.29) is 0 Å². The minimum Gasteiger partial charge on any atom is -0.301 e. The van der Waals surface area contributed by atoms with Crippen molar-refractivity contribution in [3.63, 3.8) is 0 Å². The van der Waals surface area contributed by atoms with Gasteiger partial charge in [0.1, 0.15) is 0 Å². The van der Waals surface area contributed by atoms with Crippen LogP contribution in [-0.4, -0.2) is 34.3 Å².